The van der Waals surface area contributed by atoms with Crippen molar-refractivity contribution in [1.29, 1.82) is 0 Å². The molecule has 1 amide bonds. The van der Waals surface area contributed by atoms with Gasteiger partial charge in [-0.05, 0) is 30.3 Å². The van der Waals surface area contributed by atoms with Crippen LogP contribution in [0.5, 0.6) is 5.75 Å². The average Bonchev–Trinajstić information content (AvgIpc) is 3.11. The first-order valence-corrected chi connectivity index (χ1v) is 7.00. The predicted molar refractivity (Wildman–Crippen MR) is 85.5 cm³/mol. The minimum atomic E-state index is -0.363. The van der Waals surface area contributed by atoms with Crippen molar-refractivity contribution in [2.45, 2.75) is 0 Å². The van der Waals surface area contributed by atoms with Crippen molar-refractivity contribution in [3.8, 4) is 17.2 Å². The average molecular weight is 309 g/mol. The van der Waals surface area contributed by atoms with E-state index in [1.165, 1.54) is 4.90 Å². The van der Waals surface area contributed by atoms with E-state index in [1.807, 2.05) is 48.5 Å². The highest BCUT2D eigenvalue weighted by Crippen LogP contribution is 2.23. The molecule has 0 spiro atoms. The zero-order valence-corrected chi connectivity index (χ0v) is 12.8. The van der Waals surface area contributed by atoms with Crippen LogP contribution in [-0.2, 0) is 0 Å². The van der Waals surface area contributed by atoms with Crippen LogP contribution in [0, 0.1) is 0 Å². The number of methoxy groups -OCH3 is 1. The summed E-state index contributed by atoms with van der Waals surface area (Å²) in [6.07, 6.45) is 0. The lowest BCUT2D eigenvalue weighted by atomic mass is 10.2. The molecule has 0 atom stereocenters. The number of nitrogens with zero attached hydrogens (tertiary/aromatic N) is 3. The van der Waals surface area contributed by atoms with Gasteiger partial charge in [0.1, 0.15) is 5.75 Å². The van der Waals surface area contributed by atoms with E-state index < -0.39 is 0 Å². The molecule has 6 nitrogen and oxygen atoms in total. The van der Waals surface area contributed by atoms with Crippen molar-refractivity contribution in [2.75, 3.05) is 19.1 Å². The van der Waals surface area contributed by atoms with Crippen LogP contribution in [0.25, 0.3) is 11.5 Å². The number of aromatic nitrogens is 2. The van der Waals surface area contributed by atoms with E-state index in [2.05, 4.69) is 10.2 Å². The van der Waals surface area contributed by atoms with E-state index in [9.17, 15) is 4.79 Å². The molecule has 0 aliphatic heterocycles. The summed E-state index contributed by atoms with van der Waals surface area (Å²) in [7, 11) is 3.24. The van der Waals surface area contributed by atoms with Crippen molar-refractivity contribution in [3.63, 3.8) is 0 Å². The van der Waals surface area contributed by atoms with Crippen LogP contribution in [0.1, 0.15) is 10.7 Å². The van der Waals surface area contributed by atoms with Gasteiger partial charge in [-0.25, -0.2) is 0 Å². The summed E-state index contributed by atoms with van der Waals surface area (Å²) < 4.78 is 10.7. The quantitative estimate of drug-likeness (QED) is 0.741. The number of rotatable bonds is 4. The maximum Gasteiger partial charge on any atom is 0.315 e. The Morgan fingerprint density at radius 3 is 2.61 bits per heavy atom. The second-order valence-electron chi connectivity index (χ2n) is 4.84. The van der Waals surface area contributed by atoms with Gasteiger partial charge >= 0.3 is 11.8 Å². The summed E-state index contributed by atoms with van der Waals surface area (Å²) in [4.78, 5) is 13.9. The van der Waals surface area contributed by atoms with Crippen molar-refractivity contribution in [3.05, 3.63) is 60.5 Å². The molecule has 116 valence electrons. The first-order valence-electron chi connectivity index (χ1n) is 7.00. The second-order valence-corrected chi connectivity index (χ2v) is 4.84. The fourth-order valence-corrected chi connectivity index (χ4v) is 2.09. The van der Waals surface area contributed by atoms with Gasteiger partial charge in [-0.2, -0.15) is 0 Å². The normalized spacial score (nSPS) is 10.3. The summed E-state index contributed by atoms with van der Waals surface area (Å²) in [6, 6.07) is 16.5. The lowest BCUT2D eigenvalue weighted by Crippen LogP contribution is -2.26. The molecule has 2 aromatic carbocycles. The molecule has 0 radical (unpaired) electrons. The summed E-state index contributed by atoms with van der Waals surface area (Å²) in [5, 5.41) is 7.79. The Hall–Kier alpha value is -3.15. The van der Waals surface area contributed by atoms with Crippen molar-refractivity contribution in [1.82, 2.24) is 10.2 Å². The van der Waals surface area contributed by atoms with Crippen molar-refractivity contribution < 1.29 is 13.9 Å². The largest absolute Gasteiger partial charge is 0.497 e. The molecule has 1 aromatic heterocycles. The fourth-order valence-electron chi connectivity index (χ4n) is 2.09. The Morgan fingerprint density at radius 2 is 1.87 bits per heavy atom. The molecule has 0 unspecified atom stereocenters. The molecule has 0 fully saturated rings. The van der Waals surface area contributed by atoms with Gasteiger partial charge in [-0.15, -0.1) is 10.2 Å². The number of carbonyl (C=O) groups is 1. The Kier molecular flexibility index (Phi) is 4.05. The topological polar surface area (TPSA) is 68.5 Å². The van der Waals surface area contributed by atoms with Gasteiger partial charge < -0.3 is 14.1 Å². The zero-order valence-electron chi connectivity index (χ0n) is 12.8. The third kappa shape index (κ3) is 3.06. The van der Waals surface area contributed by atoms with Crippen molar-refractivity contribution in [2.24, 2.45) is 0 Å². The van der Waals surface area contributed by atoms with Crippen LogP contribution in [0.2, 0.25) is 0 Å². The standard InChI is InChI=1S/C17H15N3O3/c1-20(13-8-4-3-5-9-13)17(21)16-19-18-15(23-16)12-7-6-10-14(11-12)22-2/h3-11H,1-2H3. The number of para-hydroxylation sites is 1. The maximum atomic E-state index is 12.4. The van der Waals surface area contributed by atoms with Crippen LogP contribution < -0.4 is 9.64 Å². The number of hydrogen-bond donors (Lipinski definition) is 0. The molecule has 0 N–H and O–H groups in total. The number of ether oxygens (including phenoxy) is 1. The highest BCUT2D eigenvalue weighted by molar-refractivity contribution is 6.02. The van der Waals surface area contributed by atoms with E-state index in [4.69, 9.17) is 9.15 Å². The van der Waals surface area contributed by atoms with E-state index in [1.54, 1.807) is 20.2 Å². The van der Waals surface area contributed by atoms with Crippen LogP contribution >= 0.6 is 0 Å². The molecule has 23 heavy (non-hydrogen) atoms. The van der Waals surface area contributed by atoms with Gasteiger partial charge in [0.05, 0.1) is 7.11 Å². The van der Waals surface area contributed by atoms with E-state index >= 15 is 0 Å². The SMILES string of the molecule is COc1cccc(-c2nnc(C(=O)N(C)c3ccccc3)o2)c1. The number of hydrogen-bond acceptors (Lipinski definition) is 5. The molecule has 0 aliphatic carbocycles. The number of benzene rings is 2. The van der Waals surface area contributed by atoms with E-state index in [0.717, 1.165) is 5.69 Å². The summed E-state index contributed by atoms with van der Waals surface area (Å²) in [6.45, 7) is 0. The van der Waals surface area contributed by atoms with E-state index in [-0.39, 0.29) is 17.7 Å². The smallest absolute Gasteiger partial charge is 0.315 e. The summed E-state index contributed by atoms with van der Waals surface area (Å²) in [5.74, 6) is 0.524. The molecule has 0 saturated carbocycles. The predicted octanol–water partition coefficient (Wildman–Crippen LogP) is 3.02. The van der Waals surface area contributed by atoms with Gasteiger partial charge in [0.15, 0.2) is 0 Å². The van der Waals surface area contributed by atoms with Gasteiger partial charge in [-0.1, -0.05) is 24.3 Å². The molecular weight excluding hydrogens is 294 g/mol. The zero-order chi connectivity index (χ0) is 16.2. The molecule has 3 aromatic rings. The van der Waals surface area contributed by atoms with Gasteiger partial charge in [0, 0.05) is 18.3 Å². The Balaban J connectivity index is 1.85. The number of carbonyl (C=O) groups excluding carboxylic acids is 1. The van der Waals surface area contributed by atoms with E-state index in [0.29, 0.717) is 11.3 Å². The van der Waals surface area contributed by atoms with Crippen molar-refractivity contribution >= 4 is 11.6 Å². The highest BCUT2D eigenvalue weighted by atomic mass is 16.5. The van der Waals surface area contributed by atoms with Crippen LogP contribution in [0.15, 0.2) is 59.0 Å². The third-order valence-corrected chi connectivity index (χ3v) is 3.37. The monoisotopic (exact) mass is 309 g/mol. The molecule has 0 bridgehead atoms. The first-order chi connectivity index (χ1) is 11.2. The molecule has 1 heterocycles. The van der Waals surface area contributed by atoms with Crippen LogP contribution in [0.4, 0.5) is 5.69 Å². The van der Waals surface area contributed by atoms with Gasteiger partial charge in [0.2, 0.25) is 5.89 Å². The van der Waals surface area contributed by atoms with Gasteiger partial charge in [0.25, 0.3) is 0 Å². The Morgan fingerprint density at radius 1 is 1.09 bits per heavy atom. The Bertz CT molecular complexity index is 815. The molecule has 0 aliphatic rings. The third-order valence-electron chi connectivity index (χ3n) is 3.37. The second kappa shape index (κ2) is 6.31. The lowest BCUT2D eigenvalue weighted by Gasteiger charge is -2.14. The van der Waals surface area contributed by atoms with Gasteiger partial charge in [-0.3, -0.25) is 4.79 Å². The summed E-state index contributed by atoms with van der Waals surface area (Å²) in [5.41, 5.74) is 1.44. The minimum Gasteiger partial charge on any atom is -0.497 e. The minimum absolute atomic E-state index is 0.0610. The molecule has 3 rings (SSSR count). The molecular formula is C17H15N3O3. The molecule has 6 heteroatoms. The molecule has 0 saturated heterocycles. The number of anilines is 1. The Labute approximate surface area is 133 Å². The fraction of sp³-hybridized carbons (Fsp3) is 0.118. The van der Waals surface area contributed by atoms with Crippen LogP contribution in [0.3, 0.4) is 0 Å². The first kappa shape index (κ1) is 14.8. The van der Waals surface area contributed by atoms with Crippen LogP contribution in [-0.4, -0.2) is 30.3 Å². The highest BCUT2D eigenvalue weighted by Gasteiger charge is 2.21. The maximum absolute atomic E-state index is 12.4. The number of amides is 1. The summed E-state index contributed by atoms with van der Waals surface area (Å²) >= 11 is 0. The lowest BCUT2D eigenvalue weighted by molar-refractivity contribution is 0.0960.